The lowest BCUT2D eigenvalue weighted by Gasteiger charge is -2.44. The van der Waals surface area contributed by atoms with Crippen LogP contribution in [0.4, 0.5) is 0 Å². The largest absolute Gasteiger partial charge is 0.466 e. The molecule has 3 rings (SSSR count). The quantitative estimate of drug-likeness (QED) is 0.390. The first-order valence-electron chi connectivity index (χ1n) is 11.4. The minimum absolute atomic E-state index is 0.152. The summed E-state index contributed by atoms with van der Waals surface area (Å²) in [6, 6.07) is 0. The molecule has 0 aromatic rings. The molecule has 2 nitrogen and oxygen atoms in total. The van der Waals surface area contributed by atoms with E-state index in [9.17, 15) is 4.79 Å². The maximum absolute atomic E-state index is 11.2. The van der Waals surface area contributed by atoms with Crippen molar-refractivity contribution in [3.8, 4) is 0 Å². The highest BCUT2D eigenvalue weighted by atomic mass is 16.5. The van der Waals surface area contributed by atoms with Gasteiger partial charge in [-0.2, -0.15) is 0 Å². The third-order valence-corrected chi connectivity index (χ3v) is 8.21. The Morgan fingerprint density at radius 1 is 1.25 bits per heavy atom. The lowest BCUT2D eigenvalue weighted by molar-refractivity contribution is -0.143. The third-order valence-electron chi connectivity index (χ3n) is 8.21. The van der Waals surface area contributed by atoms with Gasteiger partial charge in [0.05, 0.1) is 6.61 Å². The Kier molecular flexibility index (Phi) is 6.57. The summed E-state index contributed by atoms with van der Waals surface area (Å²) in [7, 11) is 0. The van der Waals surface area contributed by atoms with Crippen LogP contribution in [0.15, 0.2) is 35.5 Å². The van der Waals surface area contributed by atoms with E-state index in [1.165, 1.54) is 57.4 Å². The van der Waals surface area contributed by atoms with Crippen molar-refractivity contribution in [2.45, 2.75) is 79.6 Å². The Labute approximate surface area is 172 Å². The monoisotopic (exact) mass is 384 g/mol. The first kappa shape index (κ1) is 21.4. The predicted octanol–water partition coefficient (Wildman–Crippen LogP) is 6.88. The molecular weight excluding hydrogens is 344 g/mol. The summed E-state index contributed by atoms with van der Waals surface area (Å²) in [4.78, 5) is 11.2. The molecule has 3 saturated carbocycles. The third kappa shape index (κ3) is 4.31. The lowest BCUT2D eigenvalue weighted by Crippen LogP contribution is -2.37. The van der Waals surface area contributed by atoms with Crippen molar-refractivity contribution in [3.63, 3.8) is 0 Å². The fourth-order valence-corrected chi connectivity index (χ4v) is 6.56. The van der Waals surface area contributed by atoms with Crippen LogP contribution in [0.25, 0.3) is 0 Å². The first-order chi connectivity index (χ1) is 13.2. The Balaban J connectivity index is 1.73. The van der Waals surface area contributed by atoms with Crippen LogP contribution in [0.2, 0.25) is 0 Å². The van der Waals surface area contributed by atoms with Crippen LogP contribution < -0.4 is 0 Å². The van der Waals surface area contributed by atoms with Crippen LogP contribution in [0.3, 0.4) is 0 Å². The van der Waals surface area contributed by atoms with Gasteiger partial charge < -0.3 is 4.74 Å². The van der Waals surface area contributed by atoms with Crippen LogP contribution in [0.1, 0.15) is 79.6 Å². The number of rotatable bonds is 4. The second kappa shape index (κ2) is 8.59. The molecule has 3 fully saturated rings. The van der Waals surface area contributed by atoms with Crippen LogP contribution in [0.5, 0.6) is 0 Å². The molecule has 0 heterocycles. The molecular formula is C26H40O2. The average molecular weight is 385 g/mol. The molecule has 0 aromatic carbocycles. The zero-order chi connectivity index (χ0) is 20.5. The molecule has 6 atom stereocenters. The van der Waals surface area contributed by atoms with Gasteiger partial charge in [-0.1, -0.05) is 63.1 Å². The summed E-state index contributed by atoms with van der Waals surface area (Å²) in [5, 5.41) is 0. The van der Waals surface area contributed by atoms with E-state index in [1.54, 1.807) is 11.1 Å². The van der Waals surface area contributed by atoms with Gasteiger partial charge in [-0.25, -0.2) is 0 Å². The number of ether oxygens (including phenoxy) is 1. The number of fused-ring (bicyclic) bond motifs is 1. The SMILES string of the molecule is C=C1[C@H](C)CC(=C/C=C2\CCC[C@]3(C)[C@@H](C(C)COC(C)=O)CC[C@@H]23)C[C@H]1C. The van der Waals surface area contributed by atoms with Crippen molar-refractivity contribution < 1.29 is 9.53 Å². The highest BCUT2D eigenvalue weighted by molar-refractivity contribution is 5.65. The first-order valence-corrected chi connectivity index (χ1v) is 11.4. The fourth-order valence-electron chi connectivity index (χ4n) is 6.56. The molecule has 3 aliphatic carbocycles. The van der Waals surface area contributed by atoms with Gasteiger partial charge in [-0.05, 0) is 80.0 Å². The molecule has 0 saturated heterocycles. The molecule has 0 N–H and O–H groups in total. The van der Waals surface area contributed by atoms with Crippen molar-refractivity contribution in [2.24, 2.45) is 35.0 Å². The molecule has 0 amide bonds. The zero-order valence-corrected chi connectivity index (χ0v) is 18.7. The minimum atomic E-state index is -0.152. The van der Waals surface area contributed by atoms with Gasteiger partial charge in [0.15, 0.2) is 0 Å². The summed E-state index contributed by atoms with van der Waals surface area (Å²) in [6.07, 6.45) is 13.7. The lowest BCUT2D eigenvalue weighted by atomic mass is 9.61. The molecule has 28 heavy (non-hydrogen) atoms. The number of esters is 1. The van der Waals surface area contributed by atoms with Crippen molar-refractivity contribution >= 4 is 5.97 Å². The maximum atomic E-state index is 11.2. The second-order valence-corrected chi connectivity index (χ2v) is 10.2. The van der Waals surface area contributed by atoms with Gasteiger partial charge in [0.2, 0.25) is 0 Å². The van der Waals surface area contributed by atoms with E-state index in [0.717, 1.165) is 0 Å². The summed E-state index contributed by atoms with van der Waals surface area (Å²) in [5.74, 6) is 2.89. The normalized spacial score (nSPS) is 38.2. The van der Waals surface area contributed by atoms with E-state index in [-0.39, 0.29) is 5.97 Å². The molecule has 0 spiro atoms. The summed E-state index contributed by atoms with van der Waals surface area (Å²) in [5.41, 5.74) is 5.07. The molecule has 156 valence electrons. The van der Waals surface area contributed by atoms with E-state index in [4.69, 9.17) is 4.74 Å². The average Bonchev–Trinajstić information content (AvgIpc) is 2.99. The van der Waals surface area contributed by atoms with E-state index >= 15 is 0 Å². The van der Waals surface area contributed by atoms with Crippen LogP contribution in [0, 0.1) is 35.0 Å². The smallest absolute Gasteiger partial charge is 0.302 e. The Hall–Kier alpha value is -1.31. The molecule has 0 bridgehead atoms. The van der Waals surface area contributed by atoms with Crippen molar-refractivity contribution in [1.82, 2.24) is 0 Å². The van der Waals surface area contributed by atoms with Crippen molar-refractivity contribution in [1.29, 1.82) is 0 Å². The van der Waals surface area contributed by atoms with Gasteiger partial charge in [-0.15, -0.1) is 0 Å². The molecule has 0 radical (unpaired) electrons. The van der Waals surface area contributed by atoms with Gasteiger partial charge in [0, 0.05) is 6.92 Å². The van der Waals surface area contributed by atoms with E-state index < -0.39 is 0 Å². The number of allylic oxidation sites excluding steroid dienone is 5. The van der Waals surface area contributed by atoms with Gasteiger partial charge >= 0.3 is 5.97 Å². The Bertz CT molecular complexity index is 654. The van der Waals surface area contributed by atoms with E-state index in [1.807, 2.05) is 0 Å². The predicted molar refractivity (Wildman–Crippen MR) is 117 cm³/mol. The zero-order valence-electron chi connectivity index (χ0n) is 18.7. The Morgan fingerprint density at radius 3 is 2.57 bits per heavy atom. The number of hydrogen-bond donors (Lipinski definition) is 0. The number of carbonyl (C=O) groups excluding carboxylic acids is 1. The van der Waals surface area contributed by atoms with Crippen LogP contribution in [-0.4, -0.2) is 12.6 Å². The molecule has 0 aromatic heterocycles. The van der Waals surface area contributed by atoms with Gasteiger partial charge in [0.25, 0.3) is 0 Å². The molecule has 0 aliphatic heterocycles. The van der Waals surface area contributed by atoms with Crippen LogP contribution >= 0.6 is 0 Å². The molecule has 1 unspecified atom stereocenters. The molecule has 3 aliphatic rings. The highest BCUT2D eigenvalue weighted by Gasteiger charge is 2.50. The van der Waals surface area contributed by atoms with E-state index in [2.05, 4.69) is 46.4 Å². The second-order valence-electron chi connectivity index (χ2n) is 10.2. The summed E-state index contributed by atoms with van der Waals surface area (Å²) >= 11 is 0. The van der Waals surface area contributed by atoms with Gasteiger partial charge in [0.1, 0.15) is 0 Å². The van der Waals surface area contributed by atoms with Crippen molar-refractivity contribution in [3.05, 3.63) is 35.5 Å². The summed E-state index contributed by atoms with van der Waals surface area (Å²) in [6.45, 7) is 15.8. The van der Waals surface area contributed by atoms with Gasteiger partial charge in [-0.3, -0.25) is 4.79 Å². The Morgan fingerprint density at radius 2 is 1.93 bits per heavy atom. The topological polar surface area (TPSA) is 26.3 Å². The van der Waals surface area contributed by atoms with E-state index in [0.29, 0.717) is 41.6 Å². The standard InChI is InChI=1S/C26H40O2/c1-17-14-22(15-18(2)20(17)4)9-10-23-8-7-13-26(6)24(11-12-25(23)26)19(3)16-28-21(5)27/h9-10,17-19,24-25H,4,7-8,11-16H2,1-3,5-6H3/b23-10+/t17-,18-,19?,24-,25+,26-/m1/s1. The number of carbonyl (C=O) groups is 1. The van der Waals surface area contributed by atoms with Crippen LogP contribution in [-0.2, 0) is 9.53 Å². The number of hydrogen-bond acceptors (Lipinski definition) is 2. The fraction of sp³-hybridized carbons (Fsp3) is 0.731. The summed E-state index contributed by atoms with van der Waals surface area (Å²) < 4.78 is 5.35. The highest BCUT2D eigenvalue weighted by Crippen LogP contribution is 2.59. The van der Waals surface area contributed by atoms with Crippen molar-refractivity contribution in [2.75, 3.05) is 6.61 Å². The maximum Gasteiger partial charge on any atom is 0.302 e. The molecule has 2 heteroatoms. The minimum Gasteiger partial charge on any atom is -0.466 e.